The van der Waals surface area contributed by atoms with E-state index in [-0.39, 0.29) is 11.8 Å². The number of hydrogen-bond donors (Lipinski definition) is 0. The van der Waals surface area contributed by atoms with Gasteiger partial charge in [-0.05, 0) is 61.2 Å². The third kappa shape index (κ3) is 4.48. The average molecular weight is 462 g/mol. The SMILES string of the molecule is O=C1c2cccc3cccc(c23)C(=O)N1CCCCCN1CCN(c2ccc(Cl)cc2)CC1. The van der Waals surface area contributed by atoms with E-state index in [4.69, 9.17) is 11.6 Å². The van der Waals surface area contributed by atoms with Crippen molar-refractivity contribution in [3.8, 4) is 0 Å². The van der Waals surface area contributed by atoms with Crippen LogP contribution < -0.4 is 4.90 Å². The fraction of sp³-hybridized carbons (Fsp3) is 0.333. The van der Waals surface area contributed by atoms with Gasteiger partial charge < -0.3 is 4.90 Å². The maximum Gasteiger partial charge on any atom is 0.261 e. The fourth-order valence-corrected chi connectivity index (χ4v) is 5.07. The van der Waals surface area contributed by atoms with Gasteiger partial charge in [0.2, 0.25) is 0 Å². The van der Waals surface area contributed by atoms with Crippen LogP contribution in [0.5, 0.6) is 0 Å². The summed E-state index contributed by atoms with van der Waals surface area (Å²) in [5.74, 6) is -0.328. The van der Waals surface area contributed by atoms with Crippen molar-refractivity contribution in [1.29, 1.82) is 0 Å². The van der Waals surface area contributed by atoms with Crippen LogP contribution >= 0.6 is 11.6 Å². The third-order valence-electron chi connectivity index (χ3n) is 6.78. The molecule has 3 aromatic rings. The number of halogens is 1. The molecule has 0 saturated carbocycles. The molecule has 6 heteroatoms. The molecule has 0 N–H and O–H groups in total. The van der Waals surface area contributed by atoms with Crippen molar-refractivity contribution in [2.45, 2.75) is 19.3 Å². The van der Waals surface area contributed by atoms with Gasteiger partial charge in [0, 0.05) is 59.9 Å². The van der Waals surface area contributed by atoms with E-state index in [1.807, 2.05) is 48.5 Å². The van der Waals surface area contributed by atoms with Gasteiger partial charge >= 0.3 is 0 Å². The molecule has 2 heterocycles. The summed E-state index contributed by atoms with van der Waals surface area (Å²) >= 11 is 6.00. The summed E-state index contributed by atoms with van der Waals surface area (Å²) in [5.41, 5.74) is 2.51. The molecule has 5 nitrogen and oxygen atoms in total. The second-order valence-corrected chi connectivity index (χ2v) is 9.27. The minimum Gasteiger partial charge on any atom is -0.369 e. The quantitative estimate of drug-likeness (QED) is 0.363. The van der Waals surface area contributed by atoms with Gasteiger partial charge in [0.25, 0.3) is 11.8 Å². The second-order valence-electron chi connectivity index (χ2n) is 8.84. The molecular weight excluding hydrogens is 434 g/mol. The van der Waals surface area contributed by atoms with Crippen LogP contribution in [0.3, 0.4) is 0 Å². The van der Waals surface area contributed by atoms with Crippen molar-refractivity contribution < 1.29 is 9.59 Å². The Hall–Kier alpha value is -2.89. The Kier molecular flexibility index (Phi) is 6.34. The number of benzene rings is 3. The number of piperazine rings is 1. The van der Waals surface area contributed by atoms with Crippen LogP contribution in [0.1, 0.15) is 40.0 Å². The molecule has 3 aromatic carbocycles. The fourth-order valence-electron chi connectivity index (χ4n) is 4.95. The van der Waals surface area contributed by atoms with Crippen molar-refractivity contribution in [2.75, 3.05) is 44.2 Å². The molecular formula is C27H28ClN3O2. The zero-order valence-corrected chi connectivity index (χ0v) is 19.4. The van der Waals surface area contributed by atoms with Crippen LogP contribution in [-0.4, -0.2) is 60.9 Å². The molecule has 0 aliphatic carbocycles. The lowest BCUT2D eigenvalue weighted by molar-refractivity contribution is 0.0607. The van der Waals surface area contributed by atoms with Gasteiger partial charge in [0.05, 0.1) is 0 Å². The highest BCUT2D eigenvalue weighted by Gasteiger charge is 2.32. The summed E-state index contributed by atoms with van der Waals surface area (Å²) in [6.45, 7) is 5.66. The highest BCUT2D eigenvalue weighted by atomic mass is 35.5. The van der Waals surface area contributed by atoms with E-state index in [1.54, 1.807) is 0 Å². The van der Waals surface area contributed by atoms with Gasteiger partial charge in [-0.3, -0.25) is 19.4 Å². The Morgan fingerprint density at radius 1 is 0.697 bits per heavy atom. The van der Waals surface area contributed by atoms with Gasteiger partial charge in [-0.15, -0.1) is 0 Å². The van der Waals surface area contributed by atoms with Crippen LogP contribution in [0.15, 0.2) is 60.7 Å². The first-order valence-electron chi connectivity index (χ1n) is 11.7. The molecule has 1 saturated heterocycles. The van der Waals surface area contributed by atoms with E-state index >= 15 is 0 Å². The molecule has 0 unspecified atom stereocenters. The summed E-state index contributed by atoms with van der Waals surface area (Å²) in [7, 11) is 0. The van der Waals surface area contributed by atoms with E-state index in [2.05, 4.69) is 21.9 Å². The van der Waals surface area contributed by atoms with Crippen LogP contribution in [0.4, 0.5) is 5.69 Å². The predicted octanol–water partition coefficient (Wildman–Crippen LogP) is 5.08. The smallest absolute Gasteiger partial charge is 0.261 e. The first-order valence-corrected chi connectivity index (χ1v) is 12.1. The number of rotatable bonds is 7. The zero-order valence-electron chi connectivity index (χ0n) is 18.7. The zero-order chi connectivity index (χ0) is 22.8. The lowest BCUT2D eigenvalue weighted by atomic mass is 9.94. The number of hydrogen-bond acceptors (Lipinski definition) is 4. The summed E-state index contributed by atoms with van der Waals surface area (Å²) in [4.78, 5) is 32.3. The minimum atomic E-state index is -0.164. The number of amides is 2. The molecule has 0 radical (unpaired) electrons. The molecule has 5 rings (SSSR count). The summed E-state index contributed by atoms with van der Waals surface area (Å²) < 4.78 is 0. The summed E-state index contributed by atoms with van der Waals surface area (Å²) in [5, 5.41) is 2.51. The Labute approximate surface area is 199 Å². The number of carbonyl (C=O) groups excluding carboxylic acids is 2. The first-order chi connectivity index (χ1) is 16.1. The number of carbonyl (C=O) groups is 2. The molecule has 2 aliphatic heterocycles. The largest absolute Gasteiger partial charge is 0.369 e. The van der Waals surface area contributed by atoms with Crippen molar-refractivity contribution in [2.24, 2.45) is 0 Å². The Bertz CT molecular complexity index is 1120. The molecule has 2 amide bonds. The normalized spacial score (nSPS) is 16.6. The Morgan fingerprint density at radius 3 is 1.94 bits per heavy atom. The van der Waals surface area contributed by atoms with Crippen LogP contribution in [-0.2, 0) is 0 Å². The Balaban J connectivity index is 1.08. The molecule has 170 valence electrons. The van der Waals surface area contributed by atoms with Crippen LogP contribution in [0.2, 0.25) is 5.02 Å². The van der Waals surface area contributed by atoms with E-state index < -0.39 is 0 Å². The second kappa shape index (κ2) is 9.54. The van der Waals surface area contributed by atoms with E-state index in [0.717, 1.165) is 67.8 Å². The van der Waals surface area contributed by atoms with Crippen molar-refractivity contribution in [3.05, 3.63) is 76.8 Å². The lowest BCUT2D eigenvalue weighted by Gasteiger charge is -2.36. The summed E-state index contributed by atoms with van der Waals surface area (Å²) in [6, 6.07) is 19.4. The topological polar surface area (TPSA) is 43.9 Å². The Morgan fingerprint density at radius 2 is 1.30 bits per heavy atom. The number of imide groups is 1. The van der Waals surface area contributed by atoms with Gasteiger partial charge in [0.1, 0.15) is 0 Å². The third-order valence-corrected chi connectivity index (χ3v) is 7.03. The van der Waals surface area contributed by atoms with E-state index in [0.29, 0.717) is 17.7 Å². The van der Waals surface area contributed by atoms with Crippen LogP contribution in [0, 0.1) is 0 Å². The number of unbranched alkanes of at least 4 members (excludes halogenated alkanes) is 2. The summed E-state index contributed by atoms with van der Waals surface area (Å²) in [6.07, 6.45) is 2.91. The van der Waals surface area contributed by atoms with Crippen molar-refractivity contribution in [3.63, 3.8) is 0 Å². The van der Waals surface area contributed by atoms with Gasteiger partial charge in [-0.1, -0.05) is 42.3 Å². The predicted molar refractivity (Wildman–Crippen MR) is 133 cm³/mol. The standard InChI is InChI=1S/C27H28ClN3O2/c28-21-10-12-22(13-11-21)30-18-16-29(17-19-30)14-2-1-3-15-31-26(32)23-8-4-6-20-7-5-9-24(25(20)23)27(31)33/h4-13H,1-3,14-19H2. The molecule has 0 atom stereocenters. The van der Waals surface area contributed by atoms with Crippen molar-refractivity contribution >= 4 is 39.9 Å². The molecule has 2 aliphatic rings. The maximum atomic E-state index is 13.0. The molecule has 0 aromatic heterocycles. The average Bonchev–Trinajstić information content (AvgIpc) is 2.85. The molecule has 0 bridgehead atoms. The van der Waals surface area contributed by atoms with E-state index in [9.17, 15) is 9.59 Å². The maximum absolute atomic E-state index is 13.0. The molecule has 0 spiro atoms. The number of anilines is 1. The van der Waals surface area contributed by atoms with Gasteiger partial charge in [-0.25, -0.2) is 0 Å². The van der Waals surface area contributed by atoms with E-state index in [1.165, 1.54) is 10.6 Å². The van der Waals surface area contributed by atoms with Crippen molar-refractivity contribution in [1.82, 2.24) is 9.80 Å². The minimum absolute atomic E-state index is 0.164. The first kappa shape index (κ1) is 21.9. The molecule has 1 fully saturated rings. The monoisotopic (exact) mass is 461 g/mol. The van der Waals surface area contributed by atoms with Crippen LogP contribution in [0.25, 0.3) is 10.8 Å². The van der Waals surface area contributed by atoms with Gasteiger partial charge in [-0.2, -0.15) is 0 Å². The lowest BCUT2D eigenvalue weighted by Crippen LogP contribution is -2.46. The highest BCUT2D eigenvalue weighted by Crippen LogP contribution is 2.30. The number of nitrogens with zero attached hydrogens (tertiary/aromatic N) is 3. The van der Waals surface area contributed by atoms with Gasteiger partial charge in [0.15, 0.2) is 0 Å². The molecule has 33 heavy (non-hydrogen) atoms. The highest BCUT2D eigenvalue weighted by molar-refractivity contribution is 6.30.